The van der Waals surface area contributed by atoms with E-state index < -0.39 is 0 Å². The Morgan fingerprint density at radius 2 is 1.40 bits per heavy atom. The van der Waals surface area contributed by atoms with E-state index in [4.69, 9.17) is 5.11 Å². The lowest BCUT2D eigenvalue weighted by atomic mass is 10.0. The van der Waals surface area contributed by atoms with E-state index in [-0.39, 0.29) is 18.5 Å². The van der Waals surface area contributed by atoms with Crippen molar-refractivity contribution >= 4 is 23.3 Å². The average molecular weight is 341 g/mol. The van der Waals surface area contributed by atoms with Gasteiger partial charge in [0.1, 0.15) is 0 Å². The summed E-state index contributed by atoms with van der Waals surface area (Å²) >= 11 is 0. The summed E-state index contributed by atoms with van der Waals surface area (Å²) in [7, 11) is 0. The molecule has 2 aromatic rings. The fraction of sp³-hybridized carbons (Fsp3) is 0.263. The Kier molecular flexibility index (Phi) is 6.98. The molecule has 0 aliphatic heterocycles. The molecule has 132 valence electrons. The summed E-state index contributed by atoms with van der Waals surface area (Å²) in [6.45, 7) is 1.98. The van der Waals surface area contributed by atoms with Crippen LogP contribution < -0.4 is 16.0 Å². The third kappa shape index (κ3) is 6.64. The van der Waals surface area contributed by atoms with Crippen molar-refractivity contribution < 1.29 is 14.7 Å². The molecule has 0 saturated heterocycles. The number of urea groups is 1. The minimum atomic E-state index is -0.283. The zero-order valence-electron chi connectivity index (χ0n) is 14.2. The summed E-state index contributed by atoms with van der Waals surface area (Å²) in [5.74, 6) is -0.0868. The fourth-order valence-electron chi connectivity index (χ4n) is 2.31. The van der Waals surface area contributed by atoms with Crippen molar-refractivity contribution in [3.63, 3.8) is 0 Å². The molecule has 0 saturated carbocycles. The molecule has 0 fully saturated rings. The standard InChI is InChI=1S/C19H23N3O3/c1-14(24)21-17-7-3-15(4-8-17)13-16-5-9-18(10-6-16)22-19(25)20-11-2-12-23/h3-10,23H,2,11-13H2,1H3,(H,21,24)(H2,20,22,25). The highest BCUT2D eigenvalue weighted by Gasteiger charge is 2.02. The number of hydrogen-bond acceptors (Lipinski definition) is 3. The maximum Gasteiger partial charge on any atom is 0.319 e. The molecule has 0 atom stereocenters. The highest BCUT2D eigenvalue weighted by atomic mass is 16.3. The predicted octanol–water partition coefficient (Wildman–Crippen LogP) is 2.74. The van der Waals surface area contributed by atoms with Crippen molar-refractivity contribution in [2.75, 3.05) is 23.8 Å². The molecule has 0 bridgehead atoms. The Hall–Kier alpha value is -2.86. The molecule has 0 aliphatic carbocycles. The Balaban J connectivity index is 1.87. The summed E-state index contributed by atoms with van der Waals surface area (Å²) in [5, 5.41) is 16.8. The lowest BCUT2D eigenvalue weighted by molar-refractivity contribution is -0.114. The predicted molar refractivity (Wildman–Crippen MR) is 98.7 cm³/mol. The second kappa shape index (κ2) is 9.44. The summed E-state index contributed by atoms with van der Waals surface area (Å²) < 4.78 is 0. The fourth-order valence-corrected chi connectivity index (χ4v) is 2.31. The van der Waals surface area contributed by atoms with Gasteiger partial charge in [-0.15, -0.1) is 0 Å². The van der Waals surface area contributed by atoms with Crippen molar-refractivity contribution in [1.82, 2.24) is 5.32 Å². The van der Waals surface area contributed by atoms with E-state index in [0.29, 0.717) is 18.7 Å². The van der Waals surface area contributed by atoms with E-state index in [0.717, 1.165) is 23.2 Å². The van der Waals surface area contributed by atoms with E-state index in [9.17, 15) is 9.59 Å². The second-order valence-corrected chi connectivity index (χ2v) is 5.71. The summed E-state index contributed by atoms with van der Waals surface area (Å²) in [4.78, 5) is 22.7. The van der Waals surface area contributed by atoms with Gasteiger partial charge in [-0.05, 0) is 48.2 Å². The van der Waals surface area contributed by atoms with Crippen LogP contribution in [0.4, 0.5) is 16.2 Å². The van der Waals surface area contributed by atoms with Gasteiger partial charge in [-0.1, -0.05) is 24.3 Å². The number of hydrogen-bond donors (Lipinski definition) is 4. The summed E-state index contributed by atoms with van der Waals surface area (Å²) in [6.07, 6.45) is 1.30. The maximum atomic E-state index is 11.6. The highest BCUT2D eigenvalue weighted by molar-refractivity contribution is 5.89. The van der Waals surface area contributed by atoms with Crippen LogP contribution in [-0.2, 0) is 11.2 Å². The molecule has 2 aromatic carbocycles. The van der Waals surface area contributed by atoms with Crippen molar-refractivity contribution in [1.29, 1.82) is 0 Å². The van der Waals surface area contributed by atoms with Crippen molar-refractivity contribution in [2.45, 2.75) is 19.8 Å². The Labute approximate surface area is 147 Å². The molecule has 0 heterocycles. The van der Waals surface area contributed by atoms with Crippen LogP contribution in [0.1, 0.15) is 24.5 Å². The summed E-state index contributed by atoms with van der Waals surface area (Å²) in [6, 6.07) is 15.1. The number of rotatable bonds is 7. The zero-order chi connectivity index (χ0) is 18.1. The van der Waals surface area contributed by atoms with E-state index in [1.165, 1.54) is 6.92 Å². The first-order valence-corrected chi connectivity index (χ1v) is 8.18. The van der Waals surface area contributed by atoms with E-state index in [2.05, 4.69) is 16.0 Å². The first-order chi connectivity index (χ1) is 12.1. The zero-order valence-corrected chi connectivity index (χ0v) is 14.2. The van der Waals surface area contributed by atoms with Crippen LogP contribution in [0.25, 0.3) is 0 Å². The molecule has 6 heteroatoms. The van der Waals surface area contributed by atoms with Gasteiger partial charge in [0.25, 0.3) is 0 Å². The maximum absolute atomic E-state index is 11.6. The minimum Gasteiger partial charge on any atom is -0.396 e. The normalized spacial score (nSPS) is 10.2. The van der Waals surface area contributed by atoms with Gasteiger partial charge in [0.15, 0.2) is 0 Å². The topological polar surface area (TPSA) is 90.5 Å². The molecule has 4 N–H and O–H groups in total. The third-order valence-corrected chi connectivity index (χ3v) is 3.51. The molecule has 0 unspecified atom stereocenters. The van der Waals surface area contributed by atoms with Crippen LogP contribution in [-0.4, -0.2) is 30.2 Å². The van der Waals surface area contributed by atoms with Crippen LogP contribution >= 0.6 is 0 Å². The van der Waals surface area contributed by atoms with E-state index in [1.54, 1.807) is 0 Å². The average Bonchev–Trinajstić information content (AvgIpc) is 2.58. The number of amides is 3. The van der Waals surface area contributed by atoms with Crippen LogP contribution in [0, 0.1) is 0 Å². The van der Waals surface area contributed by atoms with Crippen LogP contribution in [0.5, 0.6) is 0 Å². The van der Waals surface area contributed by atoms with E-state index in [1.807, 2.05) is 48.5 Å². The third-order valence-electron chi connectivity index (χ3n) is 3.51. The van der Waals surface area contributed by atoms with Gasteiger partial charge in [-0.2, -0.15) is 0 Å². The molecule has 0 aliphatic rings. The summed E-state index contributed by atoms with van der Waals surface area (Å²) in [5.41, 5.74) is 3.75. The van der Waals surface area contributed by atoms with Crippen LogP contribution in [0.2, 0.25) is 0 Å². The van der Waals surface area contributed by atoms with E-state index >= 15 is 0 Å². The van der Waals surface area contributed by atoms with Gasteiger partial charge in [-0.3, -0.25) is 4.79 Å². The van der Waals surface area contributed by atoms with Crippen LogP contribution in [0.3, 0.4) is 0 Å². The molecule has 0 radical (unpaired) electrons. The first-order valence-electron chi connectivity index (χ1n) is 8.18. The van der Waals surface area contributed by atoms with Crippen molar-refractivity contribution in [3.05, 3.63) is 59.7 Å². The van der Waals surface area contributed by atoms with Gasteiger partial charge >= 0.3 is 6.03 Å². The minimum absolute atomic E-state index is 0.0563. The molecular weight excluding hydrogens is 318 g/mol. The first kappa shape index (κ1) is 18.5. The number of nitrogens with one attached hydrogen (secondary N) is 3. The number of aliphatic hydroxyl groups excluding tert-OH is 1. The lowest BCUT2D eigenvalue weighted by Crippen LogP contribution is -2.29. The SMILES string of the molecule is CC(=O)Nc1ccc(Cc2ccc(NC(=O)NCCCO)cc2)cc1. The molecule has 2 rings (SSSR count). The molecule has 3 amide bonds. The van der Waals surface area contributed by atoms with Gasteiger partial charge < -0.3 is 21.1 Å². The number of aliphatic hydroxyl groups is 1. The van der Waals surface area contributed by atoms with Gasteiger partial charge in [-0.25, -0.2) is 4.79 Å². The van der Waals surface area contributed by atoms with Gasteiger partial charge in [0, 0.05) is 31.5 Å². The second-order valence-electron chi connectivity index (χ2n) is 5.71. The Morgan fingerprint density at radius 1 is 0.880 bits per heavy atom. The number of benzene rings is 2. The molecular formula is C19H23N3O3. The lowest BCUT2D eigenvalue weighted by Gasteiger charge is -2.08. The Bertz CT molecular complexity index is 697. The van der Waals surface area contributed by atoms with Gasteiger partial charge in [0.2, 0.25) is 5.91 Å². The van der Waals surface area contributed by atoms with Crippen LogP contribution in [0.15, 0.2) is 48.5 Å². The van der Waals surface area contributed by atoms with Gasteiger partial charge in [0.05, 0.1) is 0 Å². The quantitative estimate of drug-likeness (QED) is 0.584. The molecule has 25 heavy (non-hydrogen) atoms. The molecule has 0 spiro atoms. The molecule has 6 nitrogen and oxygen atoms in total. The highest BCUT2D eigenvalue weighted by Crippen LogP contribution is 2.16. The van der Waals surface area contributed by atoms with Crippen molar-refractivity contribution in [2.24, 2.45) is 0 Å². The molecule has 0 aromatic heterocycles. The largest absolute Gasteiger partial charge is 0.396 e. The number of anilines is 2. The van der Waals surface area contributed by atoms with Crippen molar-refractivity contribution in [3.8, 4) is 0 Å². The number of carbonyl (C=O) groups excluding carboxylic acids is 2. The monoisotopic (exact) mass is 341 g/mol. The Morgan fingerprint density at radius 3 is 1.88 bits per heavy atom. The smallest absolute Gasteiger partial charge is 0.319 e. The number of carbonyl (C=O) groups is 2.